The molecule has 0 amide bonds. The molecule has 0 aliphatic rings. The molecule has 0 atom stereocenters. The molecule has 0 aromatic heterocycles. The molecule has 6 nitrogen and oxygen atoms in total. The molecule has 0 bridgehead atoms. The number of carboxylic acid groups (broad SMARTS) is 1. The van der Waals surface area contributed by atoms with Gasteiger partial charge >= 0.3 is 5.97 Å². The van der Waals surface area contributed by atoms with Gasteiger partial charge in [-0.2, -0.15) is 0 Å². The second kappa shape index (κ2) is 8.92. The summed E-state index contributed by atoms with van der Waals surface area (Å²) in [6, 6.07) is 3.25. The minimum atomic E-state index is -0.809. The average molecular weight is 310 g/mol. The van der Waals surface area contributed by atoms with Crippen molar-refractivity contribution in [3.8, 4) is 17.2 Å². The van der Waals surface area contributed by atoms with Crippen molar-refractivity contribution in [1.29, 1.82) is 0 Å². The van der Waals surface area contributed by atoms with Gasteiger partial charge in [0.25, 0.3) is 0 Å². The van der Waals surface area contributed by atoms with Crippen molar-refractivity contribution in [2.24, 2.45) is 0 Å². The standard InChI is InChI=1S/C16H22O6/c1-20-13-9-11(10-14(21-2)16(13)22-3)12(17)7-5-4-6-8-15(18)19/h9-10H,4-8H2,1-3H3,(H,18,19). The monoisotopic (exact) mass is 310 g/mol. The Morgan fingerprint density at radius 1 is 0.909 bits per heavy atom. The maximum absolute atomic E-state index is 12.2. The Balaban J connectivity index is 2.71. The molecule has 1 aromatic carbocycles. The zero-order valence-corrected chi connectivity index (χ0v) is 13.2. The van der Waals surface area contributed by atoms with E-state index in [9.17, 15) is 9.59 Å². The van der Waals surface area contributed by atoms with E-state index in [-0.39, 0.29) is 12.2 Å². The topological polar surface area (TPSA) is 82.1 Å². The summed E-state index contributed by atoms with van der Waals surface area (Å²) < 4.78 is 15.6. The Morgan fingerprint density at radius 2 is 1.45 bits per heavy atom. The van der Waals surface area contributed by atoms with E-state index in [0.717, 1.165) is 0 Å². The fourth-order valence-electron chi connectivity index (χ4n) is 2.12. The lowest BCUT2D eigenvalue weighted by molar-refractivity contribution is -0.137. The number of unbranched alkanes of at least 4 members (excludes halogenated alkanes) is 2. The maximum Gasteiger partial charge on any atom is 0.303 e. The molecule has 1 N–H and O–H groups in total. The number of Topliss-reactive ketones (excluding diaryl/α,β-unsaturated/α-hetero) is 1. The maximum atomic E-state index is 12.2. The lowest BCUT2D eigenvalue weighted by Crippen LogP contribution is -2.03. The molecule has 0 heterocycles. The first kappa shape index (κ1) is 17.8. The molecule has 1 rings (SSSR count). The highest BCUT2D eigenvalue weighted by Crippen LogP contribution is 2.38. The minimum absolute atomic E-state index is 0.0328. The Bertz CT molecular complexity index is 498. The number of hydrogen-bond donors (Lipinski definition) is 1. The van der Waals surface area contributed by atoms with Crippen LogP contribution in [0.1, 0.15) is 42.5 Å². The van der Waals surface area contributed by atoms with Crippen molar-refractivity contribution in [2.45, 2.75) is 32.1 Å². The number of ketones is 1. The number of carbonyl (C=O) groups excluding carboxylic acids is 1. The van der Waals surface area contributed by atoms with Crippen molar-refractivity contribution < 1.29 is 28.9 Å². The van der Waals surface area contributed by atoms with E-state index in [1.54, 1.807) is 12.1 Å². The molecule has 0 aliphatic carbocycles. The zero-order chi connectivity index (χ0) is 16.5. The summed E-state index contributed by atoms with van der Waals surface area (Å²) in [5, 5.41) is 8.56. The summed E-state index contributed by atoms with van der Waals surface area (Å²) in [6.45, 7) is 0. The van der Waals surface area contributed by atoms with Gasteiger partial charge in [0, 0.05) is 18.4 Å². The highest BCUT2D eigenvalue weighted by molar-refractivity contribution is 5.97. The van der Waals surface area contributed by atoms with Gasteiger partial charge in [-0.25, -0.2) is 0 Å². The summed E-state index contributed by atoms with van der Waals surface area (Å²) in [6.07, 6.45) is 2.44. The molecule has 22 heavy (non-hydrogen) atoms. The van der Waals surface area contributed by atoms with E-state index < -0.39 is 5.97 Å². The molecule has 0 saturated carbocycles. The van der Waals surface area contributed by atoms with Gasteiger partial charge in [-0.3, -0.25) is 9.59 Å². The summed E-state index contributed by atoms with van der Waals surface area (Å²) in [5.74, 6) is 0.487. The van der Waals surface area contributed by atoms with Gasteiger partial charge in [-0.05, 0) is 25.0 Å². The van der Waals surface area contributed by atoms with Gasteiger partial charge in [0.15, 0.2) is 17.3 Å². The quantitative estimate of drug-likeness (QED) is 0.528. The number of benzene rings is 1. The van der Waals surface area contributed by atoms with Crippen LogP contribution >= 0.6 is 0 Å². The smallest absolute Gasteiger partial charge is 0.303 e. The first-order chi connectivity index (χ1) is 10.5. The largest absolute Gasteiger partial charge is 0.493 e. The molecule has 0 radical (unpaired) electrons. The molecule has 1 aromatic rings. The van der Waals surface area contributed by atoms with Crippen LogP contribution in [0.25, 0.3) is 0 Å². The van der Waals surface area contributed by atoms with Crippen LogP contribution in [-0.4, -0.2) is 38.2 Å². The summed E-state index contributed by atoms with van der Waals surface area (Å²) in [7, 11) is 4.50. The van der Waals surface area contributed by atoms with Crippen molar-refractivity contribution in [3.63, 3.8) is 0 Å². The minimum Gasteiger partial charge on any atom is -0.493 e. The first-order valence-corrected chi connectivity index (χ1v) is 7.08. The van der Waals surface area contributed by atoms with Crippen molar-refractivity contribution in [3.05, 3.63) is 17.7 Å². The molecule has 122 valence electrons. The summed E-state index contributed by atoms with van der Waals surface area (Å²) in [4.78, 5) is 22.6. The van der Waals surface area contributed by atoms with Crippen molar-refractivity contribution in [1.82, 2.24) is 0 Å². The second-order valence-corrected chi connectivity index (χ2v) is 4.79. The lowest BCUT2D eigenvalue weighted by Gasteiger charge is -2.13. The van der Waals surface area contributed by atoms with Gasteiger partial charge in [0.1, 0.15) is 0 Å². The number of ether oxygens (including phenoxy) is 3. The van der Waals surface area contributed by atoms with Gasteiger partial charge in [0.05, 0.1) is 21.3 Å². The van der Waals surface area contributed by atoms with Crippen LogP contribution in [0.5, 0.6) is 17.2 Å². The van der Waals surface area contributed by atoms with Crippen LogP contribution in [-0.2, 0) is 4.79 Å². The van der Waals surface area contributed by atoms with E-state index in [1.165, 1.54) is 21.3 Å². The van der Waals surface area contributed by atoms with E-state index in [0.29, 0.717) is 48.5 Å². The lowest BCUT2D eigenvalue weighted by atomic mass is 10.0. The molecule has 0 spiro atoms. The van der Waals surface area contributed by atoms with Gasteiger partial charge in [0.2, 0.25) is 5.75 Å². The highest BCUT2D eigenvalue weighted by Gasteiger charge is 2.16. The van der Waals surface area contributed by atoms with Crippen LogP contribution < -0.4 is 14.2 Å². The third-order valence-corrected chi connectivity index (χ3v) is 3.28. The SMILES string of the molecule is COc1cc(C(=O)CCCCCC(=O)O)cc(OC)c1OC. The van der Waals surface area contributed by atoms with E-state index in [2.05, 4.69) is 0 Å². The summed E-state index contributed by atoms with van der Waals surface area (Å²) >= 11 is 0. The van der Waals surface area contributed by atoms with Crippen molar-refractivity contribution in [2.75, 3.05) is 21.3 Å². The molecule has 6 heteroatoms. The van der Waals surface area contributed by atoms with Gasteiger partial charge in [-0.15, -0.1) is 0 Å². The molecule has 0 aliphatic heterocycles. The zero-order valence-electron chi connectivity index (χ0n) is 13.2. The van der Waals surface area contributed by atoms with Gasteiger partial charge in [-0.1, -0.05) is 6.42 Å². The number of methoxy groups -OCH3 is 3. The van der Waals surface area contributed by atoms with E-state index in [4.69, 9.17) is 19.3 Å². The van der Waals surface area contributed by atoms with Crippen LogP contribution in [0.15, 0.2) is 12.1 Å². The van der Waals surface area contributed by atoms with Crippen molar-refractivity contribution >= 4 is 11.8 Å². The fourth-order valence-corrected chi connectivity index (χ4v) is 2.12. The molecule has 0 unspecified atom stereocenters. The highest BCUT2D eigenvalue weighted by atomic mass is 16.5. The van der Waals surface area contributed by atoms with E-state index >= 15 is 0 Å². The van der Waals surface area contributed by atoms with Crippen LogP contribution in [0, 0.1) is 0 Å². The molecule has 0 fully saturated rings. The van der Waals surface area contributed by atoms with Crippen LogP contribution in [0.2, 0.25) is 0 Å². The number of carbonyl (C=O) groups is 2. The number of carboxylic acids is 1. The Kier molecular flexibility index (Phi) is 7.22. The van der Waals surface area contributed by atoms with Crippen LogP contribution in [0.3, 0.4) is 0 Å². The summed E-state index contributed by atoms with van der Waals surface area (Å²) in [5.41, 5.74) is 0.493. The molecular formula is C16H22O6. The number of aliphatic carboxylic acids is 1. The normalized spacial score (nSPS) is 10.1. The first-order valence-electron chi connectivity index (χ1n) is 7.08. The second-order valence-electron chi connectivity index (χ2n) is 4.79. The number of hydrogen-bond acceptors (Lipinski definition) is 5. The van der Waals surface area contributed by atoms with Crippen LogP contribution in [0.4, 0.5) is 0 Å². The van der Waals surface area contributed by atoms with Gasteiger partial charge < -0.3 is 19.3 Å². The average Bonchev–Trinajstić information content (AvgIpc) is 2.52. The Labute approximate surface area is 130 Å². The molecular weight excluding hydrogens is 288 g/mol. The molecule has 0 saturated heterocycles. The third-order valence-electron chi connectivity index (χ3n) is 3.28. The van der Waals surface area contributed by atoms with E-state index in [1.807, 2.05) is 0 Å². The Morgan fingerprint density at radius 3 is 1.91 bits per heavy atom. The predicted octanol–water partition coefficient (Wildman–Crippen LogP) is 2.93. The third kappa shape index (κ3) is 4.95. The Hall–Kier alpha value is -2.24. The number of rotatable bonds is 10. The predicted molar refractivity (Wildman–Crippen MR) is 81.1 cm³/mol. The fraction of sp³-hybridized carbons (Fsp3) is 0.500.